The molecule has 0 saturated carbocycles. The summed E-state index contributed by atoms with van der Waals surface area (Å²) in [7, 11) is 1.53. The Labute approximate surface area is 155 Å². The monoisotopic (exact) mass is 379 g/mol. The van der Waals surface area contributed by atoms with E-state index in [4.69, 9.17) is 21.4 Å². The zero-order valence-corrected chi connectivity index (χ0v) is 15.0. The van der Waals surface area contributed by atoms with Gasteiger partial charge in [-0.25, -0.2) is 14.2 Å². The molecule has 1 aliphatic rings. The van der Waals surface area contributed by atoms with E-state index in [0.717, 1.165) is 0 Å². The Balaban J connectivity index is 1.66. The lowest BCUT2D eigenvalue weighted by Gasteiger charge is -2.36. The summed E-state index contributed by atoms with van der Waals surface area (Å²) < 4.78 is 19.3. The Kier molecular flexibility index (Phi) is 5.58. The quantitative estimate of drug-likeness (QED) is 0.861. The molecule has 1 fully saturated rings. The van der Waals surface area contributed by atoms with Crippen molar-refractivity contribution in [1.82, 2.24) is 9.88 Å². The van der Waals surface area contributed by atoms with E-state index in [1.54, 1.807) is 12.1 Å². The molecule has 1 aliphatic heterocycles. The van der Waals surface area contributed by atoms with Gasteiger partial charge >= 0.3 is 5.97 Å². The molecule has 138 valence electrons. The van der Waals surface area contributed by atoms with E-state index in [1.807, 2.05) is 4.90 Å². The maximum Gasteiger partial charge on any atom is 0.337 e. The highest BCUT2D eigenvalue weighted by Crippen LogP contribution is 2.27. The Morgan fingerprint density at radius 3 is 2.69 bits per heavy atom. The molecule has 2 aromatic rings. The Morgan fingerprint density at radius 1 is 1.35 bits per heavy atom. The Morgan fingerprint density at radius 2 is 2.08 bits per heavy atom. The van der Waals surface area contributed by atoms with Gasteiger partial charge < -0.3 is 14.7 Å². The van der Waals surface area contributed by atoms with E-state index in [-0.39, 0.29) is 11.4 Å². The number of carbonyl (C=O) groups is 1. The zero-order valence-electron chi connectivity index (χ0n) is 14.3. The predicted molar refractivity (Wildman–Crippen MR) is 96.6 cm³/mol. The summed E-state index contributed by atoms with van der Waals surface area (Å²) in [5.74, 6) is -0.225. The molecule has 6 nitrogen and oxygen atoms in total. The second-order valence-electron chi connectivity index (χ2n) is 6.02. The van der Waals surface area contributed by atoms with Crippen molar-refractivity contribution in [2.45, 2.75) is 6.54 Å². The first-order valence-electron chi connectivity index (χ1n) is 8.17. The van der Waals surface area contributed by atoms with Crippen LogP contribution in [0.4, 0.5) is 10.2 Å². The third kappa shape index (κ3) is 3.89. The highest BCUT2D eigenvalue weighted by atomic mass is 35.5. The van der Waals surface area contributed by atoms with Crippen LogP contribution in [0.25, 0.3) is 0 Å². The number of ether oxygens (including phenoxy) is 1. The van der Waals surface area contributed by atoms with Gasteiger partial charge in [-0.15, -0.1) is 0 Å². The van der Waals surface area contributed by atoms with Gasteiger partial charge in [-0.3, -0.25) is 4.90 Å². The number of aromatic carboxylic acids is 1. The summed E-state index contributed by atoms with van der Waals surface area (Å²) in [6, 6.07) is 6.22. The number of benzene rings is 1. The van der Waals surface area contributed by atoms with E-state index >= 15 is 0 Å². The lowest BCUT2D eigenvalue weighted by molar-refractivity contribution is 0.0696. The molecule has 1 saturated heterocycles. The second-order valence-corrected chi connectivity index (χ2v) is 6.43. The maximum atomic E-state index is 14.1. The zero-order chi connectivity index (χ0) is 18.7. The van der Waals surface area contributed by atoms with Crippen molar-refractivity contribution in [3.05, 3.63) is 52.4 Å². The molecule has 0 unspecified atom stereocenters. The number of pyridine rings is 1. The van der Waals surface area contributed by atoms with Crippen LogP contribution >= 0.6 is 11.6 Å². The average Bonchev–Trinajstić information content (AvgIpc) is 2.64. The maximum absolute atomic E-state index is 14.1. The molecule has 0 radical (unpaired) electrons. The molecule has 0 atom stereocenters. The van der Waals surface area contributed by atoms with Crippen molar-refractivity contribution in [2.24, 2.45) is 0 Å². The molecular formula is C18H19ClFN3O3. The van der Waals surface area contributed by atoms with Crippen LogP contribution in [0.15, 0.2) is 30.5 Å². The van der Waals surface area contributed by atoms with Gasteiger partial charge in [0.05, 0.1) is 17.7 Å². The van der Waals surface area contributed by atoms with Gasteiger partial charge in [0, 0.05) is 44.5 Å². The lowest BCUT2D eigenvalue weighted by Crippen LogP contribution is -2.46. The van der Waals surface area contributed by atoms with Crippen molar-refractivity contribution >= 4 is 23.4 Å². The van der Waals surface area contributed by atoms with Crippen LogP contribution in [0.3, 0.4) is 0 Å². The van der Waals surface area contributed by atoms with Gasteiger partial charge in [0.15, 0.2) is 0 Å². The van der Waals surface area contributed by atoms with Crippen LogP contribution in [-0.4, -0.2) is 54.2 Å². The SMILES string of the molecule is COc1cccc(F)c1CN1CCN(c2ncc(C(=O)O)cc2Cl)CC1. The number of rotatable bonds is 5. The molecule has 1 aromatic heterocycles. The minimum Gasteiger partial charge on any atom is -0.496 e. The van der Waals surface area contributed by atoms with Crippen LogP contribution in [-0.2, 0) is 6.54 Å². The van der Waals surface area contributed by atoms with Crippen LogP contribution in [0.1, 0.15) is 15.9 Å². The number of hydrogen-bond acceptors (Lipinski definition) is 5. The number of nitrogens with zero attached hydrogens (tertiary/aromatic N) is 3. The summed E-state index contributed by atoms with van der Waals surface area (Å²) in [4.78, 5) is 19.3. The standard InChI is InChI=1S/C18H19ClFN3O3/c1-26-16-4-2-3-15(20)13(16)11-22-5-7-23(8-6-22)17-14(19)9-12(10-21-17)18(24)25/h2-4,9-10H,5-8,11H2,1H3,(H,24,25). The molecule has 0 aliphatic carbocycles. The van der Waals surface area contributed by atoms with E-state index in [0.29, 0.717) is 54.9 Å². The molecule has 0 bridgehead atoms. The molecule has 0 spiro atoms. The number of carboxylic acids is 1. The van der Waals surface area contributed by atoms with Gasteiger partial charge in [-0.1, -0.05) is 17.7 Å². The largest absolute Gasteiger partial charge is 0.496 e. The molecule has 26 heavy (non-hydrogen) atoms. The van der Waals surface area contributed by atoms with Gasteiger partial charge in [-0.05, 0) is 18.2 Å². The summed E-state index contributed by atoms with van der Waals surface area (Å²) in [5, 5.41) is 9.30. The van der Waals surface area contributed by atoms with Crippen molar-refractivity contribution in [1.29, 1.82) is 0 Å². The second kappa shape index (κ2) is 7.88. The number of halogens is 2. The fraction of sp³-hybridized carbons (Fsp3) is 0.333. The average molecular weight is 380 g/mol. The van der Waals surface area contributed by atoms with E-state index < -0.39 is 5.97 Å². The van der Waals surface area contributed by atoms with Gasteiger partial charge in [0.1, 0.15) is 17.4 Å². The summed E-state index contributed by atoms with van der Waals surface area (Å²) in [6.45, 7) is 3.20. The van der Waals surface area contributed by atoms with Gasteiger partial charge in [0.2, 0.25) is 0 Å². The smallest absolute Gasteiger partial charge is 0.337 e. The van der Waals surface area contributed by atoms with Crippen molar-refractivity contribution in [3.63, 3.8) is 0 Å². The summed E-state index contributed by atoms with van der Waals surface area (Å²) in [5.41, 5.74) is 0.606. The fourth-order valence-corrected chi connectivity index (χ4v) is 3.29. The number of piperazine rings is 1. The molecule has 2 heterocycles. The number of carboxylic acid groups (broad SMARTS) is 1. The minimum atomic E-state index is -1.06. The molecule has 1 N–H and O–H groups in total. The fourth-order valence-electron chi connectivity index (χ4n) is 3.01. The van der Waals surface area contributed by atoms with E-state index in [1.165, 1.54) is 25.4 Å². The number of methoxy groups -OCH3 is 1. The summed E-state index contributed by atoms with van der Waals surface area (Å²) in [6.07, 6.45) is 1.31. The van der Waals surface area contributed by atoms with Crippen molar-refractivity contribution < 1.29 is 19.0 Å². The number of aromatic nitrogens is 1. The van der Waals surface area contributed by atoms with Gasteiger partial charge in [0.25, 0.3) is 0 Å². The van der Waals surface area contributed by atoms with Crippen LogP contribution in [0.5, 0.6) is 5.75 Å². The van der Waals surface area contributed by atoms with Crippen LogP contribution < -0.4 is 9.64 Å². The van der Waals surface area contributed by atoms with Crippen molar-refractivity contribution in [3.8, 4) is 5.75 Å². The summed E-state index contributed by atoms with van der Waals surface area (Å²) >= 11 is 6.19. The normalized spacial score (nSPS) is 15.1. The molecular weight excluding hydrogens is 361 g/mol. The minimum absolute atomic E-state index is 0.0593. The predicted octanol–water partition coefficient (Wildman–Crippen LogP) is 2.90. The van der Waals surface area contributed by atoms with Crippen LogP contribution in [0.2, 0.25) is 5.02 Å². The Hall–Kier alpha value is -2.38. The highest BCUT2D eigenvalue weighted by molar-refractivity contribution is 6.33. The molecule has 8 heteroatoms. The van der Waals surface area contributed by atoms with E-state index in [9.17, 15) is 9.18 Å². The third-order valence-electron chi connectivity index (χ3n) is 4.42. The number of hydrogen-bond donors (Lipinski definition) is 1. The lowest BCUT2D eigenvalue weighted by atomic mass is 10.1. The first kappa shape index (κ1) is 18.4. The topological polar surface area (TPSA) is 65.9 Å². The van der Waals surface area contributed by atoms with Crippen molar-refractivity contribution in [2.75, 3.05) is 38.2 Å². The molecule has 3 rings (SSSR count). The first-order valence-corrected chi connectivity index (χ1v) is 8.55. The third-order valence-corrected chi connectivity index (χ3v) is 4.70. The molecule has 0 amide bonds. The van der Waals surface area contributed by atoms with E-state index in [2.05, 4.69) is 9.88 Å². The van der Waals surface area contributed by atoms with Gasteiger partial charge in [-0.2, -0.15) is 0 Å². The highest BCUT2D eigenvalue weighted by Gasteiger charge is 2.22. The Bertz CT molecular complexity index is 810. The first-order chi connectivity index (χ1) is 12.5. The van der Waals surface area contributed by atoms with Crippen LogP contribution in [0, 0.1) is 5.82 Å². The molecule has 1 aromatic carbocycles. The number of anilines is 1.